The minimum absolute atomic E-state index is 0.0436. The highest BCUT2D eigenvalue weighted by Gasteiger charge is 2.24. The summed E-state index contributed by atoms with van der Waals surface area (Å²) in [5, 5.41) is 5.87. The van der Waals surface area contributed by atoms with Crippen molar-refractivity contribution in [3.05, 3.63) is 48.0 Å². The van der Waals surface area contributed by atoms with Gasteiger partial charge in [-0.2, -0.15) is 0 Å². The van der Waals surface area contributed by atoms with E-state index in [2.05, 4.69) is 45.2 Å². The van der Waals surface area contributed by atoms with Crippen molar-refractivity contribution in [3.63, 3.8) is 0 Å². The fourth-order valence-corrected chi connectivity index (χ4v) is 4.44. The number of piperazine rings is 1. The molecule has 9 heteroatoms. The fraction of sp³-hybridized carbons (Fsp3) is 0.481. The molecular formula is C27H39N5O4. The van der Waals surface area contributed by atoms with Crippen molar-refractivity contribution in [1.82, 2.24) is 10.2 Å². The summed E-state index contributed by atoms with van der Waals surface area (Å²) in [5.74, 6) is 0.450. The van der Waals surface area contributed by atoms with E-state index in [4.69, 9.17) is 9.47 Å². The molecule has 0 atom stereocenters. The molecule has 196 valence electrons. The molecule has 0 spiro atoms. The summed E-state index contributed by atoms with van der Waals surface area (Å²) < 4.78 is 10.5. The van der Waals surface area contributed by atoms with Crippen LogP contribution in [0, 0.1) is 0 Å². The maximum absolute atomic E-state index is 13.3. The topological polar surface area (TPSA) is 86.4 Å². The van der Waals surface area contributed by atoms with Crippen molar-refractivity contribution in [2.24, 2.45) is 0 Å². The van der Waals surface area contributed by atoms with Gasteiger partial charge in [-0.3, -0.25) is 9.59 Å². The lowest BCUT2D eigenvalue weighted by Gasteiger charge is -2.38. The van der Waals surface area contributed by atoms with Gasteiger partial charge in [0.1, 0.15) is 12.4 Å². The molecule has 1 aliphatic rings. The third-order valence-electron chi connectivity index (χ3n) is 6.45. The summed E-state index contributed by atoms with van der Waals surface area (Å²) >= 11 is 0. The van der Waals surface area contributed by atoms with Crippen molar-refractivity contribution < 1.29 is 19.1 Å². The minimum atomic E-state index is -0.261. The first-order valence-corrected chi connectivity index (χ1v) is 12.6. The second-order valence-electron chi connectivity index (χ2n) is 8.64. The second kappa shape index (κ2) is 13.7. The molecule has 1 fully saturated rings. The molecule has 36 heavy (non-hydrogen) atoms. The van der Waals surface area contributed by atoms with E-state index in [9.17, 15) is 9.59 Å². The number of carbonyl (C=O) groups excluding carboxylic acids is 2. The summed E-state index contributed by atoms with van der Waals surface area (Å²) in [6.45, 7) is 10.5. The van der Waals surface area contributed by atoms with Crippen LogP contribution in [0.5, 0.6) is 5.75 Å². The zero-order chi connectivity index (χ0) is 25.9. The number of para-hydroxylation sites is 2. The van der Waals surface area contributed by atoms with E-state index in [1.807, 2.05) is 30.3 Å². The van der Waals surface area contributed by atoms with Gasteiger partial charge < -0.3 is 34.8 Å². The monoisotopic (exact) mass is 497 g/mol. The number of rotatable bonds is 12. The SMILES string of the molecule is CCN(CC)CCNC(=O)c1cc(NC(=O)COC)ccc1N1CCN(c2ccccc2OC)CC1. The van der Waals surface area contributed by atoms with Crippen LogP contribution in [0.25, 0.3) is 0 Å². The average molecular weight is 498 g/mol. The van der Waals surface area contributed by atoms with Gasteiger partial charge in [-0.15, -0.1) is 0 Å². The number of hydrogen-bond acceptors (Lipinski definition) is 7. The lowest BCUT2D eigenvalue weighted by atomic mass is 10.1. The largest absolute Gasteiger partial charge is 0.495 e. The molecule has 0 unspecified atom stereocenters. The minimum Gasteiger partial charge on any atom is -0.495 e. The highest BCUT2D eigenvalue weighted by atomic mass is 16.5. The van der Waals surface area contributed by atoms with Gasteiger partial charge >= 0.3 is 0 Å². The lowest BCUT2D eigenvalue weighted by Crippen LogP contribution is -2.47. The van der Waals surface area contributed by atoms with Gasteiger partial charge in [0.25, 0.3) is 5.91 Å². The Labute approximate surface area is 214 Å². The smallest absolute Gasteiger partial charge is 0.253 e. The van der Waals surface area contributed by atoms with Crippen LogP contribution in [0.4, 0.5) is 17.1 Å². The maximum Gasteiger partial charge on any atom is 0.253 e. The normalized spacial score (nSPS) is 13.6. The number of likely N-dealkylation sites (N-methyl/N-ethyl adjacent to an activating group) is 1. The van der Waals surface area contributed by atoms with E-state index in [0.29, 0.717) is 17.8 Å². The third kappa shape index (κ3) is 7.11. The number of ether oxygens (including phenoxy) is 2. The van der Waals surface area contributed by atoms with Gasteiger partial charge in [0.2, 0.25) is 5.91 Å². The number of anilines is 3. The highest BCUT2D eigenvalue weighted by Crippen LogP contribution is 2.31. The van der Waals surface area contributed by atoms with E-state index >= 15 is 0 Å². The molecule has 2 amide bonds. The number of nitrogens with one attached hydrogen (secondary N) is 2. The second-order valence-corrected chi connectivity index (χ2v) is 8.64. The van der Waals surface area contributed by atoms with Gasteiger partial charge in [-0.05, 0) is 43.4 Å². The molecule has 0 saturated carbocycles. The third-order valence-corrected chi connectivity index (χ3v) is 6.45. The summed E-state index contributed by atoms with van der Waals surface area (Å²) in [4.78, 5) is 32.1. The Balaban J connectivity index is 1.76. The number of carbonyl (C=O) groups is 2. The van der Waals surface area contributed by atoms with E-state index in [1.165, 1.54) is 7.11 Å². The molecule has 1 aliphatic heterocycles. The summed E-state index contributed by atoms with van der Waals surface area (Å²) in [6.07, 6.45) is 0. The van der Waals surface area contributed by atoms with Gasteiger partial charge in [-0.25, -0.2) is 0 Å². The molecular weight excluding hydrogens is 458 g/mol. The molecule has 0 aromatic heterocycles. The lowest BCUT2D eigenvalue weighted by molar-refractivity contribution is -0.119. The molecule has 0 bridgehead atoms. The van der Waals surface area contributed by atoms with E-state index in [-0.39, 0.29) is 18.4 Å². The Kier molecular flexibility index (Phi) is 10.4. The summed E-state index contributed by atoms with van der Waals surface area (Å²) in [5.41, 5.74) is 3.06. The van der Waals surface area contributed by atoms with Crippen molar-refractivity contribution >= 4 is 28.9 Å². The predicted molar refractivity (Wildman–Crippen MR) is 144 cm³/mol. The Morgan fingerprint density at radius 3 is 2.25 bits per heavy atom. The molecule has 0 radical (unpaired) electrons. The van der Waals surface area contributed by atoms with Gasteiger partial charge in [-0.1, -0.05) is 26.0 Å². The average Bonchev–Trinajstić information content (AvgIpc) is 2.91. The summed E-state index contributed by atoms with van der Waals surface area (Å²) in [6, 6.07) is 13.5. The van der Waals surface area contributed by atoms with E-state index < -0.39 is 0 Å². The van der Waals surface area contributed by atoms with Crippen LogP contribution in [0.3, 0.4) is 0 Å². The van der Waals surface area contributed by atoms with Gasteiger partial charge in [0.05, 0.1) is 18.4 Å². The van der Waals surface area contributed by atoms with Crippen molar-refractivity contribution in [2.75, 3.05) is 88.3 Å². The molecule has 2 aromatic carbocycles. The molecule has 2 N–H and O–H groups in total. The molecule has 2 aromatic rings. The summed E-state index contributed by atoms with van der Waals surface area (Å²) in [7, 11) is 3.16. The Hall–Kier alpha value is -3.30. The molecule has 0 aliphatic carbocycles. The highest BCUT2D eigenvalue weighted by molar-refractivity contribution is 6.02. The molecule has 1 saturated heterocycles. The van der Waals surface area contributed by atoms with Gasteiger partial charge in [0.15, 0.2) is 0 Å². The van der Waals surface area contributed by atoms with Crippen LogP contribution in [0.15, 0.2) is 42.5 Å². The zero-order valence-electron chi connectivity index (χ0n) is 21.9. The fourth-order valence-electron chi connectivity index (χ4n) is 4.44. The first-order chi connectivity index (χ1) is 17.5. The first-order valence-electron chi connectivity index (χ1n) is 12.6. The van der Waals surface area contributed by atoms with Gasteiger partial charge in [0, 0.05) is 57.8 Å². The number of hydrogen-bond donors (Lipinski definition) is 2. The van der Waals surface area contributed by atoms with E-state index in [1.54, 1.807) is 13.2 Å². The maximum atomic E-state index is 13.3. The van der Waals surface area contributed by atoms with Crippen molar-refractivity contribution in [3.8, 4) is 5.75 Å². The standard InChI is InChI=1S/C27H39N5O4/c1-5-30(6-2)14-13-28-27(34)22-19-21(29-26(33)20-35-3)11-12-23(22)31-15-17-32(18-16-31)24-9-7-8-10-25(24)36-4/h7-12,19H,5-6,13-18,20H2,1-4H3,(H,28,34)(H,29,33). The van der Waals surface area contributed by atoms with Crippen LogP contribution in [0.2, 0.25) is 0 Å². The van der Waals surface area contributed by atoms with Crippen LogP contribution < -0.4 is 25.2 Å². The Bertz CT molecular complexity index is 1000. The number of methoxy groups -OCH3 is 2. The van der Waals surface area contributed by atoms with Crippen LogP contribution >= 0.6 is 0 Å². The van der Waals surface area contributed by atoms with Crippen molar-refractivity contribution in [2.45, 2.75) is 13.8 Å². The quantitative estimate of drug-likeness (QED) is 0.466. The number of nitrogens with zero attached hydrogens (tertiary/aromatic N) is 3. The van der Waals surface area contributed by atoms with Crippen LogP contribution in [-0.4, -0.2) is 89.9 Å². The zero-order valence-corrected chi connectivity index (χ0v) is 21.9. The number of amides is 2. The predicted octanol–water partition coefficient (Wildman–Crippen LogP) is 2.68. The van der Waals surface area contributed by atoms with Crippen LogP contribution in [-0.2, 0) is 9.53 Å². The Morgan fingerprint density at radius 2 is 1.61 bits per heavy atom. The van der Waals surface area contributed by atoms with E-state index in [0.717, 1.165) is 62.9 Å². The molecule has 9 nitrogen and oxygen atoms in total. The van der Waals surface area contributed by atoms with Crippen LogP contribution in [0.1, 0.15) is 24.2 Å². The Morgan fingerprint density at radius 1 is 0.944 bits per heavy atom. The first kappa shape index (κ1) is 27.3. The van der Waals surface area contributed by atoms with Crippen molar-refractivity contribution in [1.29, 1.82) is 0 Å². The molecule has 3 rings (SSSR count). The molecule has 1 heterocycles. The number of benzene rings is 2.